The molecule has 138 valence electrons. The number of thiophene rings is 1. The molecule has 1 fully saturated rings. The summed E-state index contributed by atoms with van der Waals surface area (Å²) < 4.78 is 36.6. The summed E-state index contributed by atoms with van der Waals surface area (Å²) in [6.45, 7) is 0. The summed E-state index contributed by atoms with van der Waals surface area (Å²) in [5.41, 5.74) is 5.00. The van der Waals surface area contributed by atoms with E-state index in [9.17, 15) is 22.4 Å². The minimum Gasteiger partial charge on any atom is -0.273 e. The first-order valence-corrected chi connectivity index (χ1v) is 10.6. The van der Waals surface area contributed by atoms with Gasteiger partial charge in [-0.3, -0.25) is 20.4 Å². The van der Waals surface area contributed by atoms with Crippen molar-refractivity contribution in [3.63, 3.8) is 0 Å². The van der Waals surface area contributed by atoms with Gasteiger partial charge in [0.15, 0.2) is 9.84 Å². The van der Waals surface area contributed by atoms with Crippen LogP contribution in [-0.4, -0.2) is 31.7 Å². The largest absolute Gasteiger partial charge is 0.279 e. The van der Waals surface area contributed by atoms with Crippen molar-refractivity contribution in [3.8, 4) is 10.4 Å². The van der Waals surface area contributed by atoms with Crippen molar-refractivity contribution < 1.29 is 22.4 Å². The van der Waals surface area contributed by atoms with Crippen LogP contribution in [0.4, 0.5) is 4.39 Å². The smallest absolute Gasteiger partial charge is 0.273 e. The summed E-state index contributed by atoms with van der Waals surface area (Å²) in [6, 6.07) is 9.46. The predicted molar refractivity (Wildman–Crippen MR) is 96.7 cm³/mol. The van der Waals surface area contributed by atoms with Gasteiger partial charge < -0.3 is 0 Å². The van der Waals surface area contributed by atoms with Gasteiger partial charge in [0.25, 0.3) is 5.91 Å². The molecule has 0 saturated carbocycles. The maximum Gasteiger partial charge on any atom is 0.279 e. The normalized spacial score (nSPS) is 18.4. The third-order valence-electron chi connectivity index (χ3n) is 4.09. The Morgan fingerprint density at radius 2 is 1.92 bits per heavy atom. The number of nitrogens with one attached hydrogen (secondary N) is 2. The number of rotatable bonds is 4. The number of hydrogen-bond acceptors (Lipinski definition) is 5. The van der Waals surface area contributed by atoms with Gasteiger partial charge in [-0.15, -0.1) is 11.3 Å². The average molecular weight is 396 g/mol. The summed E-state index contributed by atoms with van der Waals surface area (Å²) in [6.07, 6.45) is 0.505. The molecule has 1 unspecified atom stereocenters. The second-order valence-electron chi connectivity index (χ2n) is 6.12. The van der Waals surface area contributed by atoms with Crippen LogP contribution < -0.4 is 10.9 Å². The fraction of sp³-hybridized carbons (Fsp3) is 0.294. The highest BCUT2D eigenvalue weighted by Gasteiger charge is 2.29. The zero-order valence-corrected chi connectivity index (χ0v) is 15.3. The van der Waals surface area contributed by atoms with E-state index in [1.807, 2.05) is 0 Å². The van der Waals surface area contributed by atoms with Crippen molar-refractivity contribution in [2.75, 3.05) is 11.5 Å². The molecule has 2 heterocycles. The standard InChI is InChI=1S/C17H17FN2O4S2/c18-13-4-2-1-3-12(13)14-5-6-15(25-14)17(22)20-19-16(21)9-11-7-8-26(23,24)10-11/h1-6,11H,7-10H2,(H,19,21)(H,20,22). The molecule has 26 heavy (non-hydrogen) atoms. The molecule has 1 aromatic carbocycles. The minimum atomic E-state index is -3.04. The molecule has 0 aliphatic carbocycles. The topological polar surface area (TPSA) is 92.3 Å². The van der Waals surface area contributed by atoms with E-state index in [0.717, 1.165) is 11.3 Å². The number of benzene rings is 1. The molecule has 2 aromatic rings. The van der Waals surface area contributed by atoms with Gasteiger partial charge in [-0.1, -0.05) is 18.2 Å². The van der Waals surface area contributed by atoms with Gasteiger partial charge in [-0.25, -0.2) is 12.8 Å². The Labute approximate surface area is 154 Å². The van der Waals surface area contributed by atoms with Gasteiger partial charge in [-0.2, -0.15) is 0 Å². The number of hydrogen-bond donors (Lipinski definition) is 2. The second kappa shape index (κ2) is 7.55. The molecule has 0 bridgehead atoms. The molecule has 1 aromatic heterocycles. The van der Waals surface area contributed by atoms with Crippen molar-refractivity contribution in [2.24, 2.45) is 5.92 Å². The van der Waals surface area contributed by atoms with E-state index in [-0.39, 0.29) is 29.7 Å². The molecule has 0 radical (unpaired) electrons. The Bertz CT molecular complexity index is 940. The maximum absolute atomic E-state index is 13.8. The highest BCUT2D eigenvalue weighted by molar-refractivity contribution is 7.91. The molecule has 9 heteroatoms. The first-order valence-electron chi connectivity index (χ1n) is 7.98. The number of amides is 2. The Kier molecular flexibility index (Phi) is 5.38. The van der Waals surface area contributed by atoms with E-state index in [4.69, 9.17) is 0 Å². The van der Waals surface area contributed by atoms with Crippen molar-refractivity contribution in [3.05, 3.63) is 47.1 Å². The van der Waals surface area contributed by atoms with Gasteiger partial charge >= 0.3 is 0 Å². The lowest BCUT2D eigenvalue weighted by atomic mass is 10.1. The number of hydrazine groups is 1. The summed E-state index contributed by atoms with van der Waals surface area (Å²) in [7, 11) is -3.04. The quantitative estimate of drug-likeness (QED) is 0.775. The molecule has 2 amide bonds. The zero-order chi connectivity index (χ0) is 18.7. The fourth-order valence-electron chi connectivity index (χ4n) is 2.80. The monoisotopic (exact) mass is 396 g/mol. The number of sulfone groups is 1. The summed E-state index contributed by atoms with van der Waals surface area (Å²) in [5, 5.41) is 0. The van der Waals surface area contributed by atoms with Crippen LogP contribution in [0.3, 0.4) is 0 Å². The van der Waals surface area contributed by atoms with E-state index in [1.165, 1.54) is 6.07 Å². The highest BCUT2D eigenvalue weighted by Crippen LogP contribution is 2.29. The first kappa shape index (κ1) is 18.5. The Morgan fingerprint density at radius 3 is 2.62 bits per heavy atom. The molecular formula is C17H17FN2O4S2. The van der Waals surface area contributed by atoms with Crippen LogP contribution in [-0.2, 0) is 14.6 Å². The predicted octanol–water partition coefficient (Wildman–Crippen LogP) is 2.14. The first-order chi connectivity index (χ1) is 12.3. The van der Waals surface area contributed by atoms with Crippen LogP contribution in [0.15, 0.2) is 36.4 Å². The van der Waals surface area contributed by atoms with Crippen LogP contribution >= 0.6 is 11.3 Å². The summed E-state index contributed by atoms with van der Waals surface area (Å²) in [4.78, 5) is 24.9. The third kappa shape index (κ3) is 4.47. The van der Waals surface area contributed by atoms with E-state index >= 15 is 0 Å². The molecule has 3 rings (SSSR count). The van der Waals surface area contributed by atoms with Crippen LogP contribution in [0.5, 0.6) is 0 Å². The Balaban J connectivity index is 1.54. The lowest BCUT2D eigenvalue weighted by Crippen LogP contribution is -2.42. The van der Waals surface area contributed by atoms with Gasteiger partial charge in [0.05, 0.1) is 16.4 Å². The molecule has 1 saturated heterocycles. The molecule has 2 N–H and O–H groups in total. The van der Waals surface area contributed by atoms with Gasteiger partial charge in [0, 0.05) is 16.9 Å². The van der Waals surface area contributed by atoms with Crippen LogP contribution in [0.1, 0.15) is 22.5 Å². The molecule has 0 spiro atoms. The van der Waals surface area contributed by atoms with E-state index in [1.54, 1.807) is 30.3 Å². The number of carbonyl (C=O) groups is 2. The lowest BCUT2D eigenvalue weighted by molar-refractivity contribution is -0.122. The number of halogens is 1. The van der Waals surface area contributed by atoms with Crippen molar-refractivity contribution in [2.45, 2.75) is 12.8 Å². The minimum absolute atomic E-state index is 0.00525. The summed E-state index contributed by atoms with van der Waals surface area (Å²) in [5.74, 6) is -1.43. The number of carbonyl (C=O) groups excluding carboxylic acids is 2. The van der Waals surface area contributed by atoms with E-state index in [2.05, 4.69) is 10.9 Å². The molecule has 1 aliphatic rings. The average Bonchev–Trinajstić information content (AvgIpc) is 3.20. The van der Waals surface area contributed by atoms with Crippen molar-refractivity contribution in [1.29, 1.82) is 0 Å². The van der Waals surface area contributed by atoms with E-state index in [0.29, 0.717) is 21.7 Å². The molecule has 1 atom stereocenters. The maximum atomic E-state index is 13.8. The second-order valence-corrected chi connectivity index (χ2v) is 9.43. The Morgan fingerprint density at radius 1 is 1.15 bits per heavy atom. The lowest BCUT2D eigenvalue weighted by Gasteiger charge is -2.09. The fourth-order valence-corrected chi connectivity index (χ4v) is 5.59. The van der Waals surface area contributed by atoms with Gasteiger partial charge in [0.1, 0.15) is 5.82 Å². The van der Waals surface area contributed by atoms with Crippen LogP contribution in [0.25, 0.3) is 10.4 Å². The molecular weight excluding hydrogens is 379 g/mol. The molecule has 6 nitrogen and oxygen atoms in total. The van der Waals surface area contributed by atoms with Crippen LogP contribution in [0.2, 0.25) is 0 Å². The van der Waals surface area contributed by atoms with Gasteiger partial charge in [0.2, 0.25) is 5.91 Å². The van der Waals surface area contributed by atoms with Crippen molar-refractivity contribution in [1.82, 2.24) is 10.9 Å². The third-order valence-corrected chi connectivity index (χ3v) is 7.04. The highest BCUT2D eigenvalue weighted by atomic mass is 32.2. The van der Waals surface area contributed by atoms with E-state index < -0.39 is 21.7 Å². The van der Waals surface area contributed by atoms with Crippen molar-refractivity contribution >= 4 is 33.0 Å². The Hall–Kier alpha value is -2.26. The summed E-state index contributed by atoms with van der Waals surface area (Å²) >= 11 is 1.11. The molecule has 1 aliphatic heterocycles. The van der Waals surface area contributed by atoms with Gasteiger partial charge in [-0.05, 0) is 30.5 Å². The SMILES string of the molecule is O=C(CC1CCS(=O)(=O)C1)NNC(=O)c1ccc(-c2ccccc2F)s1. The zero-order valence-electron chi connectivity index (χ0n) is 13.7. The van der Waals surface area contributed by atoms with Crippen LogP contribution in [0, 0.1) is 11.7 Å².